The number of fused-ring (bicyclic) bond motifs is 6. The molecule has 1 spiro atoms. The average Bonchev–Trinajstić information content (AvgIpc) is 3.99. The molecule has 0 amide bonds. The van der Waals surface area contributed by atoms with Gasteiger partial charge in [-0.1, -0.05) is 92.5 Å². The van der Waals surface area contributed by atoms with E-state index in [1.54, 1.807) is 6.07 Å². The molecule has 318 valence electrons. The summed E-state index contributed by atoms with van der Waals surface area (Å²) in [5.41, 5.74) is 13.3. The highest BCUT2D eigenvalue weighted by atomic mass is 16.5. The minimum atomic E-state index is -1.10. The number of Topliss-reactive ketones (excluding diaryl/α,β-unsaturated/α-hetero) is 1. The van der Waals surface area contributed by atoms with Gasteiger partial charge in [0.2, 0.25) is 0 Å². The van der Waals surface area contributed by atoms with Crippen LogP contribution in [0, 0.1) is 35.2 Å². The van der Waals surface area contributed by atoms with E-state index >= 15 is 0 Å². The quantitative estimate of drug-likeness (QED) is 0.0832. The first-order valence-corrected chi connectivity index (χ1v) is 21.8. The SMILES string of the molecule is CCC[C@H](O)C[C@@H](O)CC(=O)CCc1cc2c(cc1O)OC#CC1(CCCC1)[C@@H]1C#C[C@H](O)c3ccc([C@H](N)NCCc4ccccc4)cc3CC3=CN=C4CN(C=C34)[C@@H]1O2. The lowest BCUT2D eigenvalue weighted by Crippen LogP contribution is -2.47. The monoisotopic (exact) mass is 824 g/mol. The maximum Gasteiger partial charge on any atom is 0.187 e. The normalized spacial score (nSPS) is 22.1. The standard InChI is InChI=1S/C50H56N4O7/c1-2-8-37(55)26-39(57)27-38(56)13-11-33-25-47-46(28-45(33)59)60-22-20-50(18-6-7-19-50)42-15-16-44(58)40-14-12-34(48(51)52-21-17-32-9-4-3-5-10-32)23-35(40)24-36-29-53-43-31-54(30-41(36)43)49(42)61-47/h3-5,9-10,12,14,23,25,28-30,37,39,42,44,48-49,52,55,57-59H,2,6-8,11,13,17-19,21,24,26-27,31,51H2,1H3/t37-,39+,42+,44-,48+,49+/m0/s1. The van der Waals surface area contributed by atoms with Gasteiger partial charge in [-0.3, -0.25) is 15.1 Å². The second-order valence-corrected chi connectivity index (χ2v) is 17.1. The predicted molar refractivity (Wildman–Crippen MR) is 233 cm³/mol. The molecule has 11 heteroatoms. The Kier molecular flexibility index (Phi) is 13.0. The Labute approximate surface area is 358 Å². The minimum absolute atomic E-state index is 0.0587. The van der Waals surface area contributed by atoms with Gasteiger partial charge in [-0.15, -0.1) is 0 Å². The van der Waals surface area contributed by atoms with Crippen molar-refractivity contribution < 1.29 is 34.7 Å². The van der Waals surface area contributed by atoms with Crippen LogP contribution >= 0.6 is 0 Å². The lowest BCUT2D eigenvalue weighted by Gasteiger charge is -2.39. The molecule has 4 heterocycles. The second kappa shape index (κ2) is 18.7. The molecule has 3 aromatic carbocycles. The summed E-state index contributed by atoms with van der Waals surface area (Å²) >= 11 is 0. The van der Waals surface area contributed by atoms with E-state index in [4.69, 9.17) is 20.2 Å². The molecule has 4 aliphatic heterocycles. The number of hydrogen-bond acceptors (Lipinski definition) is 11. The highest BCUT2D eigenvalue weighted by Crippen LogP contribution is 2.49. The molecule has 2 bridgehead atoms. The molecule has 11 nitrogen and oxygen atoms in total. The number of phenolic OH excluding ortho intramolecular Hbond substituents is 1. The van der Waals surface area contributed by atoms with Gasteiger partial charge in [-0.2, -0.15) is 0 Å². The fourth-order valence-electron chi connectivity index (χ4n) is 9.37. The van der Waals surface area contributed by atoms with Crippen LogP contribution < -0.4 is 20.5 Å². The third-order valence-corrected chi connectivity index (χ3v) is 12.7. The van der Waals surface area contributed by atoms with Gasteiger partial charge in [-0.05, 0) is 78.0 Å². The van der Waals surface area contributed by atoms with Gasteiger partial charge in [0, 0.05) is 49.8 Å². The number of ether oxygens (including phenoxy) is 2. The highest BCUT2D eigenvalue weighted by Gasteiger charge is 2.48. The van der Waals surface area contributed by atoms with Crippen molar-refractivity contribution in [2.24, 2.45) is 22.1 Å². The molecule has 6 atom stereocenters. The van der Waals surface area contributed by atoms with Crippen molar-refractivity contribution in [3.63, 3.8) is 0 Å². The predicted octanol–water partition coefficient (Wildman–Crippen LogP) is 6.05. The van der Waals surface area contributed by atoms with Gasteiger partial charge in [0.25, 0.3) is 0 Å². The zero-order valence-corrected chi connectivity index (χ0v) is 34.8. The average molecular weight is 825 g/mol. The number of aromatic hydroxyl groups is 1. The Bertz CT molecular complexity index is 2330. The van der Waals surface area contributed by atoms with Crippen LogP contribution in [0.25, 0.3) is 0 Å². The molecule has 5 aliphatic rings. The molecule has 1 aliphatic carbocycles. The van der Waals surface area contributed by atoms with Crippen LogP contribution in [0.5, 0.6) is 17.2 Å². The maximum absolute atomic E-state index is 12.9. The van der Waals surface area contributed by atoms with Gasteiger partial charge in [0.1, 0.15) is 23.7 Å². The molecule has 61 heavy (non-hydrogen) atoms. The fraction of sp³-hybridized carbons (Fsp3) is 0.440. The van der Waals surface area contributed by atoms with Crippen molar-refractivity contribution >= 4 is 11.5 Å². The lowest BCUT2D eigenvalue weighted by atomic mass is 9.73. The van der Waals surface area contributed by atoms with Gasteiger partial charge in [-0.25, -0.2) is 0 Å². The minimum Gasteiger partial charge on any atom is -0.508 e. The topological polar surface area (TPSA) is 170 Å². The van der Waals surface area contributed by atoms with E-state index in [1.165, 1.54) is 11.6 Å². The molecule has 0 radical (unpaired) electrons. The first-order chi connectivity index (χ1) is 29.6. The molecule has 0 saturated heterocycles. The summed E-state index contributed by atoms with van der Waals surface area (Å²) in [6, 6.07) is 19.4. The lowest BCUT2D eigenvalue weighted by molar-refractivity contribution is -0.121. The first kappa shape index (κ1) is 42.3. The molecular weight excluding hydrogens is 769 g/mol. The summed E-state index contributed by atoms with van der Waals surface area (Å²) in [5.74, 6) is 10.1. The van der Waals surface area contributed by atoms with Gasteiger partial charge < -0.3 is 40.5 Å². The smallest absolute Gasteiger partial charge is 0.187 e. The number of phenols is 1. The Balaban J connectivity index is 1.09. The molecule has 8 rings (SSSR count). The molecule has 1 fully saturated rings. The summed E-state index contributed by atoms with van der Waals surface area (Å²) in [7, 11) is 0. The van der Waals surface area contributed by atoms with E-state index < -0.39 is 42.0 Å². The number of carbonyl (C=O) groups excluding carboxylic acids is 1. The number of nitrogens with two attached hydrogens (primary N) is 1. The Morgan fingerprint density at radius 1 is 1.05 bits per heavy atom. The summed E-state index contributed by atoms with van der Waals surface area (Å²) in [6.07, 6.45) is 9.70. The largest absolute Gasteiger partial charge is 0.508 e. The van der Waals surface area contributed by atoms with Crippen LogP contribution in [0.2, 0.25) is 0 Å². The Morgan fingerprint density at radius 2 is 1.87 bits per heavy atom. The number of ketones is 1. The van der Waals surface area contributed by atoms with Crippen LogP contribution in [0.3, 0.4) is 0 Å². The summed E-state index contributed by atoms with van der Waals surface area (Å²) in [6.45, 7) is 3.14. The Morgan fingerprint density at radius 3 is 2.67 bits per heavy atom. The van der Waals surface area contributed by atoms with Crippen LogP contribution in [0.4, 0.5) is 0 Å². The fourth-order valence-corrected chi connectivity index (χ4v) is 9.37. The van der Waals surface area contributed by atoms with E-state index in [1.807, 2.05) is 43.5 Å². The van der Waals surface area contributed by atoms with Crippen molar-refractivity contribution in [3.8, 4) is 41.1 Å². The van der Waals surface area contributed by atoms with Crippen LogP contribution in [0.15, 0.2) is 89.2 Å². The van der Waals surface area contributed by atoms with E-state index in [0.717, 1.165) is 66.5 Å². The van der Waals surface area contributed by atoms with Crippen molar-refractivity contribution in [1.29, 1.82) is 0 Å². The number of aliphatic imine (C=N–C) groups is 1. The van der Waals surface area contributed by atoms with Crippen molar-refractivity contribution in [2.45, 2.75) is 115 Å². The number of nitrogens with one attached hydrogen (secondary N) is 1. The number of hydrogen-bond donors (Lipinski definition) is 6. The molecule has 0 unspecified atom stereocenters. The summed E-state index contributed by atoms with van der Waals surface area (Å²) < 4.78 is 13.1. The van der Waals surface area contributed by atoms with Crippen LogP contribution in [-0.4, -0.2) is 68.3 Å². The Hall–Kier alpha value is -5.40. The number of nitrogens with zero attached hydrogens (tertiary/aromatic N) is 2. The zero-order chi connectivity index (χ0) is 42.5. The first-order valence-electron chi connectivity index (χ1n) is 21.8. The van der Waals surface area contributed by atoms with Crippen molar-refractivity contribution in [2.75, 3.05) is 13.1 Å². The van der Waals surface area contributed by atoms with Crippen LogP contribution in [-0.2, 0) is 24.1 Å². The summed E-state index contributed by atoms with van der Waals surface area (Å²) in [4.78, 5) is 19.9. The van der Waals surface area contributed by atoms with Crippen molar-refractivity contribution in [1.82, 2.24) is 10.2 Å². The highest BCUT2D eigenvalue weighted by molar-refractivity contribution is 6.09. The van der Waals surface area contributed by atoms with E-state index in [0.29, 0.717) is 42.8 Å². The second-order valence-electron chi connectivity index (χ2n) is 17.1. The summed E-state index contributed by atoms with van der Waals surface area (Å²) in [5, 5.41) is 47.1. The molecule has 0 aromatic heterocycles. The number of allylic oxidation sites excluding steroid dienone is 1. The maximum atomic E-state index is 12.9. The number of carbonyl (C=O) groups is 1. The number of rotatable bonds is 14. The van der Waals surface area contributed by atoms with E-state index in [9.17, 15) is 25.2 Å². The third kappa shape index (κ3) is 9.58. The third-order valence-electron chi connectivity index (χ3n) is 12.7. The molecule has 7 N–H and O–H groups in total. The molecule has 3 aromatic rings. The van der Waals surface area contributed by atoms with Crippen LogP contribution in [0.1, 0.15) is 105 Å². The van der Waals surface area contributed by atoms with E-state index in [-0.39, 0.29) is 43.0 Å². The van der Waals surface area contributed by atoms with Crippen molar-refractivity contribution in [3.05, 3.63) is 112 Å². The van der Waals surface area contributed by atoms with Gasteiger partial charge in [0.05, 0.1) is 42.0 Å². The number of aryl methyl sites for hydroxylation is 1. The van der Waals surface area contributed by atoms with Gasteiger partial charge in [0.15, 0.2) is 17.7 Å². The molecular formula is C50H56N4O7. The number of aliphatic hydroxyl groups excluding tert-OH is 3. The van der Waals surface area contributed by atoms with Gasteiger partial charge >= 0.3 is 0 Å². The van der Waals surface area contributed by atoms with E-state index in [2.05, 4.69) is 58.5 Å². The zero-order valence-electron chi connectivity index (χ0n) is 34.8. The molecule has 1 saturated carbocycles. The number of benzene rings is 3. The number of aliphatic hydroxyl groups is 3.